The van der Waals surface area contributed by atoms with Gasteiger partial charge < -0.3 is 20.3 Å². The standard InChI is InChI=1S/C82H155NO5/c1-3-5-7-9-11-13-15-17-19-21-23-24-25-29-32-35-39-42-46-50-54-58-62-66-70-74-80(85)79(78-84)83-81(86)75-71-67-63-59-55-51-47-43-40-36-33-30-27-26-28-31-34-37-41-45-49-53-57-61-65-69-73-77-88-82(87)76-72-68-64-60-56-52-48-44-38-22-20-18-16-14-12-10-8-6-4-2/h12,14,18,20,26-27,31,34,79-80,84-85H,3-11,13,15-17,19,21-25,28-30,32-33,35-78H2,1-2H3,(H,83,86)/b14-12-,20-18-,27-26-,34-31-. The van der Waals surface area contributed by atoms with Crippen LogP contribution in [0.25, 0.3) is 0 Å². The maximum Gasteiger partial charge on any atom is 0.305 e. The summed E-state index contributed by atoms with van der Waals surface area (Å²) in [7, 11) is 0. The molecule has 0 aromatic carbocycles. The van der Waals surface area contributed by atoms with Gasteiger partial charge in [0.2, 0.25) is 5.91 Å². The molecule has 0 heterocycles. The van der Waals surface area contributed by atoms with Crippen molar-refractivity contribution < 1.29 is 24.5 Å². The number of hydrogen-bond donors (Lipinski definition) is 3. The van der Waals surface area contributed by atoms with E-state index in [9.17, 15) is 19.8 Å². The van der Waals surface area contributed by atoms with Crippen LogP contribution in [0.2, 0.25) is 0 Å². The van der Waals surface area contributed by atoms with Crippen molar-refractivity contribution in [2.24, 2.45) is 0 Å². The molecular formula is C82H155NO5. The fraction of sp³-hybridized carbons (Fsp3) is 0.878. The molecule has 0 aromatic heterocycles. The van der Waals surface area contributed by atoms with Gasteiger partial charge >= 0.3 is 5.97 Å². The number of esters is 1. The molecule has 2 atom stereocenters. The zero-order chi connectivity index (χ0) is 63.5. The minimum atomic E-state index is -0.669. The minimum Gasteiger partial charge on any atom is -0.466 e. The Morgan fingerprint density at radius 2 is 0.568 bits per heavy atom. The first kappa shape index (κ1) is 85.8. The van der Waals surface area contributed by atoms with Gasteiger partial charge in [-0.05, 0) is 89.9 Å². The van der Waals surface area contributed by atoms with Crippen LogP contribution in [-0.2, 0) is 14.3 Å². The number of amides is 1. The Bertz CT molecular complexity index is 1470. The van der Waals surface area contributed by atoms with Crippen LogP contribution in [0, 0.1) is 0 Å². The smallest absolute Gasteiger partial charge is 0.305 e. The van der Waals surface area contributed by atoms with Gasteiger partial charge in [0.05, 0.1) is 25.4 Å². The molecule has 1 amide bonds. The predicted octanol–water partition coefficient (Wildman–Crippen LogP) is 26.4. The minimum absolute atomic E-state index is 0.00759. The molecule has 0 aliphatic heterocycles. The molecule has 0 saturated carbocycles. The number of aliphatic hydroxyl groups excluding tert-OH is 2. The third kappa shape index (κ3) is 72.9. The summed E-state index contributed by atoms with van der Waals surface area (Å²) in [5.41, 5.74) is 0. The highest BCUT2D eigenvalue weighted by Crippen LogP contribution is 2.20. The molecule has 88 heavy (non-hydrogen) atoms. The summed E-state index contributed by atoms with van der Waals surface area (Å²) in [5, 5.41) is 23.5. The molecule has 0 spiro atoms. The largest absolute Gasteiger partial charge is 0.466 e. The normalized spacial score (nSPS) is 12.7. The second-order valence-corrected chi connectivity index (χ2v) is 27.4. The van der Waals surface area contributed by atoms with Crippen molar-refractivity contribution in [1.82, 2.24) is 5.32 Å². The van der Waals surface area contributed by atoms with Crippen LogP contribution in [0.1, 0.15) is 438 Å². The van der Waals surface area contributed by atoms with Crippen LogP contribution < -0.4 is 5.32 Å². The van der Waals surface area contributed by atoms with E-state index in [1.807, 2.05) is 0 Å². The lowest BCUT2D eigenvalue weighted by Gasteiger charge is -2.22. The number of unbranched alkanes of at least 4 members (excludes halogenated alkanes) is 56. The van der Waals surface area contributed by atoms with E-state index in [4.69, 9.17) is 4.74 Å². The van der Waals surface area contributed by atoms with E-state index >= 15 is 0 Å². The van der Waals surface area contributed by atoms with Crippen molar-refractivity contribution in [2.75, 3.05) is 13.2 Å². The number of hydrogen-bond acceptors (Lipinski definition) is 5. The Labute approximate surface area is 550 Å². The zero-order valence-corrected chi connectivity index (χ0v) is 59.5. The number of carbonyl (C=O) groups is 2. The number of ether oxygens (including phenoxy) is 1. The summed E-state index contributed by atoms with van der Waals surface area (Å²) >= 11 is 0. The Hall–Kier alpha value is -2.18. The summed E-state index contributed by atoms with van der Waals surface area (Å²) in [6.07, 6.45) is 102. The molecule has 0 fully saturated rings. The Kier molecular flexibility index (Phi) is 75.4. The number of rotatable bonds is 75. The van der Waals surface area contributed by atoms with Gasteiger partial charge in [-0.1, -0.05) is 383 Å². The highest BCUT2D eigenvalue weighted by Gasteiger charge is 2.20. The maximum atomic E-state index is 12.6. The molecule has 0 aromatic rings. The molecule has 6 heteroatoms. The van der Waals surface area contributed by atoms with E-state index in [1.165, 1.54) is 347 Å². The lowest BCUT2D eigenvalue weighted by atomic mass is 10.0. The third-order valence-corrected chi connectivity index (χ3v) is 18.6. The quantitative estimate of drug-likeness (QED) is 0.0320. The van der Waals surface area contributed by atoms with Crippen LogP contribution in [0.4, 0.5) is 0 Å². The van der Waals surface area contributed by atoms with E-state index in [-0.39, 0.29) is 18.5 Å². The summed E-state index contributed by atoms with van der Waals surface area (Å²) in [5.74, 6) is -0.0257. The Balaban J connectivity index is 3.41. The van der Waals surface area contributed by atoms with Crippen LogP contribution >= 0.6 is 0 Å². The van der Waals surface area contributed by atoms with Crippen molar-refractivity contribution in [2.45, 2.75) is 450 Å². The summed E-state index contributed by atoms with van der Waals surface area (Å²) in [6.45, 7) is 4.97. The predicted molar refractivity (Wildman–Crippen MR) is 389 cm³/mol. The number of aliphatic hydroxyl groups is 2. The maximum absolute atomic E-state index is 12.6. The van der Waals surface area contributed by atoms with Crippen molar-refractivity contribution in [3.05, 3.63) is 48.6 Å². The van der Waals surface area contributed by atoms with Crippen molar-refractivity contribution in [1.29, 1.82) is 0 Å². The number of nitrogens with one attached hydrogen (secondary N) is 1. The lowest BCUT2D eigenvalue weighted by molar-refractivity contribution is -0.143. The molecule has 0 bridgehead atoms. The first-order valence-electron chi connectivity index (χ1n) is 39.9. The SMILES string of the molecule is CCCCC/C=C\C/C=C\CCCCCCCCCCCC(=O)OCCCCCCCCCCC/C=C\C/C=C\CCCCCCCCCCCCCC(=O)NC(CO)C(O)CCCCCCCCCCCCCCCCCCCCCCCCCCC. The highest BCUT2D eigenvalue weighted by molar-refractivity contribution is 5.76. The van der Waals surface area contributed by atoms with Crippen molar-refractivity contribution >= 4 is 11.9 Å². The molecule has 0 radical (unpaired) electrons. The first-order chi connectivity index (χ1) is 43.5. The molecule has 2 unspecified atom stereocenters. The van der Waals surface area contributed by atoms with Crippen LogP contribution in [0.15, 0.2) is 48.6 Å². The van der Waals surface area contributed by atoms with Gasteiger partial charge in [0, 0.05) is 12.8 Å². The second kappa shape index (κ2) is 77.3. The molecule has 0 saturated heterocycles. The van der Waals surface area contributed by atoms with Gasteiger partial charge in [-0.25, -0.2) is 0 Å². The summed E-state index contributed by atoms with van der Waals surface area (Å²) in [4.78, 5) is 24.7. The number of allylic oxidation sites excluding steroid dienone is 8. The third-order valence-electron chi connectivity index (χ3n) is 18.6. The van der Waals surface area contributed by atoms with E-state index in [0.717, 1.165) is 57.8 Å². The summed E-state index contributed by atoms with van der Waals surface area (Å²) in [6, 6.07) is -0.547. The van der Waals surface area contributed by atoms with Gasteiger partial charge in [-0.2, -0.15) is 0 Å². The van der Waals surface area contributed by atoms with Crippen molar-refractivity contribution in [3.8, 4) is 0 Å². The highest BCUT2D eigenvalue weighted by atomic mass is 16.5. The molecular weight excluding hydrogens is 1080 g/mol. The van der Waals surface area contributed by atoms with Crippen LogP contribution in [-0.4, -0.2) is 47.4 Å². The molecule has 518 valence electrons. The van der Waals surface area contributed by atoms with Crippen LogP contribution in [0.5, 0.6) is 0 Å². The monoisotopic (exact) mass is 1230 g/mol. The Morgan fingerprint density at radius 3 is 0.886 bits per heavy atom. The average Bonchev–Trinajstić information content (AvgIpc) is 3.58. The van der Waals surface area contributed by atoms with E-state index in [1.54, 1.807) is 0 Å². The van der Waals surface area contributed by atoms with Crippen LogP contribution in [0.3, 0.4) is 0 Å². The second-order valence-electron chi connectivity index (χ2n) is 27.4. The Morgan fingerprint density at radius 1 is 0.318 bits per heavy atom. The van der Waals surface area contributed by atoms with E-state index in [2.05, 4.69) is 67.8 Å². The summed E-state index contributed by atoms with van der Waals surface area (Å²) < 4.78 is 5.51. The van der Waals surface area contributed by atoms with Crippen molar-refractivity contribution in [3.63, 3.8) is 0 Å². The lowest BCUT2D eigenvalue weighted by Crippen LogP contribution is -2.45. The molecule has 6 nitrogen and oxygen atoms in total. The molecule has 0 aliphatic carbocycles. The van der Waals surface area contributed by atoms with Gasteiger partial charge in [-0.15, -0.1) is 0 Å². The first-order valence-corrected chi connectivity index (χ1v) is 39.9. The van der Waals surface area contributed by atoms with E-state index < -0.39 is 12.1 Å². The molecule has 0 aliphatic rings. The molecule has 0 rings (SSSR count). The van der Waals surface area contributed by atoms with Gasteiger partial charge in [-0.3, -0.25) is 9.59 Å². The molecule has 3 N–H and O–H groups in total. The van der Waals surface area contributed by atoms with E-state index in [0.29, 0.717) is 25.9 Å². The van der Waals surface area contributed by atoms with Gasteiger partial charge in [0.1, 0.15) is 0 Å². The fourth-order valence-corrected chi connectivity index (χ4v) is 12.5. The van der Waals surface area contributed by atoms with Gasteiger partial charge in [0.25, 0.3) is 0 Å². The fourth-order valence-electron chi connectivity index (χ4n) is 12.5. The number of carbonyl (C=O) groups excluding carboxylic acids is 2. The topological polar surface area (TPSA) is 95.9 Å². The zero-order valence-electron chi connectivity index (χ0n) is 59.5. The average molecular weight is 1240 g/mol. The van der Waals surface area contributed by atoms with Gasteiger partial charge in [0.15, 0.2) is 0 Å².